The molecule has 3 heteroatoms. The van der Waals surface area contributed by atoms with Crippen molar-refractivity contribution in [2.24, 2.45) is 5.92 Å². The average Bonchev–Trinajstić information content (AvgIpc) is 2.26. The van der Waals surface area contributed by atoms with E-state index in [2.05, 4.69) is 13.2 Å². The smallest absolute Gasteiger partial charge is 0.423 e. The molecular formula is C12H15BO2. The van der Waals surface area contributed by atoms with E-state index in [-0.39, 0.29) is 5.92 Å². The Morgan fingerprint density at radius 1 is 1.47 bits per heavy atom. The zero-order valence-corrected chi connectivity index (χ0v) is 8.63. The van der Waals surface area contributed by atoms with Crippen LogP contribution in [0.5, 0.6) is 0 Å². The van der Waals surface area contributed by atoms with E-state index in [1.54, 1.807) is 18.2 Å². The highest BCUT2D eigenvalue weighted by molar-refractivity contribution is 6.51. The van der Waals surface area contributed by atoms with E-state index in [0.29, 0.717) is 5.47 Å². The summed E-state index contributed by atoms with van der Waals surface area (Å²) in [5.41, 5.74) is 1.57. The molecule has 0 aromatic carbocycles. The second-order valence-electron chi connectivity index (χ2n) is 3.39. The molecule has 0 amide bonds. The Balaban J connectivity index is 2.89. The molecule has 1 rings (SSSR count). The van der Waals surface area contributed by atoms with Gasteiger partial charge < -0.3 is 10.0 Å². The van der Waals surface area contributed by atoms with Crippen LogP contribution in [-0.2, 0) is 0 Å². The van der Waals surface area contributed by atoms with E-state index >= 15 is 0 Å². The molecule has 0 saturated carbocycles. The second kappa shape index (κ2) is 5.54. The average molecular weight is 202 g/mol. The predicted octanol–water partition coefficient (Wildman–Crippen LogP) is 1.80. The summed E-state index contributed by atoms with van der Waals surface area (Å²) < 4.78 is 0. The molecule has 0 aliphatic heterocycles. The Bertz CT molecular complexity index is 338. The largest absolute Gasteiger partial charge is 0.488 e. The first-order valence-electron chi connectivity index (χ1n) is 4.88. The van der Waals surface area contributed by atoms with Crippen LogP contribution in [0.3, 0.4) is 0 Å². The molecule has 1 aliphatic rings. The van der Waals surface area contributed by atoms with Crippen LogP contribution in [0, 0.1) is 5.92 Å². The lowest BCUT2D eigenvalue weighted by Crippen LogP contribution is -2.17. The lowest BCUT2D eigenvalue weighted by molar-refractivity contribution is 0.419. The van der Waals surface area contributed by atoms with Gasteiger partial charge in [-0.15, -0.1) is 0 Å². The molecule has 0 heterocycles. The molecule has 0 bridgehead atoms. The maximum Gasteiger partial charge on any atom is 0.488 e. The molecule has 0 fully saturated rings. The van der Waals surface area contributed by atoms with Gasteiger partial charge in [0.05, 0.1) is 0 Å². The number of hydrogen-bond acceptors (Lipinski definition) is 2. The first kappa shape index (κ1) is 11.8. The number of allylic oxidation sites excluding steroid dienone is 8. The molecule has 0 aromatic heterocycles. The quantitative estimate of drug-likeness (QED) is 0.539. The van der Waals surface area contributed by atoms with Crippen molar-refractivity contribution in [2.75, 3.05) is 0 Å². The van der Waals surface area contributed by atoms with Crippen LogP contribution < -0.4 is 0 Å². The Kier molecular flexibility index (Phi) is 4.34. The van der Waals surface area contributed by atoms with Crippen LogP contribution >= 0.6 is 0 Å². The van der Waals surface area contributed by atoms with Gasteiger partial charge in [-0.3, -0.25) is 0 Å². The summed E-state index contributed by atoms with van der Waals surface area (Å²) in [7, 11) is -1.40. The molecule has 0 saturated heterocycles. The third-order valence-electron chi connectivity index (χ3n) is 2.37. The highest BCUT2D eigenvalue weighted by Gasteiger charge is 2.18. The van der Waals surface area contributed by atoms with E-state index in [1.165, 1.54) is 0 Å². The fourth-order valence-electron chi connectivity index (χ4n) is 1.59. The van der Waals surface area contributed by atoms with Crippen LogP contribution in [0.2, 0.25) is 0 Å². The molecule has 1 unspecified atom stereocenters. The van der Waals surface area contributed by atoms with Crippen molar-refractivity contribution in [2.45, 2.75) is 6.42 Å². The SMILES string of the molecule is C=C/C=C(\C=C)C1C=C(B(O)O)C=CC1. The maximum atomic E-state index is 9.05. The van der Waals surface area contributed by atoms with Crippen molar-refractivity contribution in [3.8, 4) is 0 Å². The molecular weight excluding hydrogens is 187 g/mol. The highest BCUT2D eigenvalue weighted by Crippen LogP contribution is 2.24. The summed E-state index contributed by atoms with van der Waals surface area (Å²) in [4.78, 5) is 0. The van der Waals surface area contributed by atoms with Crippen molar-refractivity contribution < 1.29 is 10.0 Å². The van der Waals surface area contributed by atoms with Gasteiger partial charge in [-0.1, -0.05) is 49.6 Å². The third kappa shape index (κ3) is 3.08. The van der Waals surface area contributed by atoms with E-state index in [4.69, 9.17) is 10.0 Å². The first-order valence-corrected chi connectivity index (χ1v) is 4.88. The Morgan fingerprint density at radius 2 is 2.20 bits per heavy atom. The standard InChI is InChI=1S/C12H15BO2/c1-3-6-10(4-2)11-7-5-8-12(9-11)13(14)15/h3-6,8-9,11,14-15H,1-2,7H2/b10-6+. The van der Waals surface area contributed by atoms with Gasteiger partial charge in [-0.25, -0.2) is 0 Å². The van der Waals surface area contributed by atoms with E-state index < -0.39 is 7.12 Å². The summed E-state index contributed by atoms with van der Waals surface area (Å²) in [5, 5.41) is 18.1. The highest BCUT2D eigenvalue weighted by atomic mass is 16.4. The molecule has 78 valence electrons. The normalized spacial score (nSPS) is 20.8. The van der Waals surface area contributed by atoms with Crippen molar-refractivity contribution in [1.29, 1.82) is 0 Å². The summed E-state index contributed by atoms with van der Waals surface area (Å²) in [6.07, 6.45) is 11.7. The van der Waals surface area contributed by atoms with Crippen molar-refractivity contribution in [3.63, 3.8) is 0 Å². The molecule has 2 nitrogen and oxygen atoms in total. The molecule has 0 spiro atoms. The molecule has 15 heavy (non-hydrogen) atoms. The van der Waals surface area contributed by atoms with Gasteiger partial charge >= 0.3 is 7.12 Å². The van der Waals surface area contributed by atoms with Gasteiger partial charge in [-0.2, -0.15) is 0 Å². The zero-order chi connectivity index (χ0) is 11.3. The predicted molar refractivity (Wildman–Crippen MR) is 64.0 cm³/mol. The second-order valence-corrected chi connectivity index (χ2v) is 3.39. The minimum atomic E-state index is -1.40. The van der Waals surface area contributed by atoms with Gasteiger partial charge in [0.2, 0.25) is 0 Å². The molecule has 2 N–H and O–H groups in total. The number of rotatable bonds is 4. The van der Waals surface area contributed by atoms with Gasteiger partial charge in [0.25, 0.3) is 0 Å². The van der Waals surface area contributed by atoms with Crippen molar-refractivity contribution >= 4 is 7.12 Å². The summed E-state index contributed by atoms with van der Waals surface area (Å²) in [5.74, 6) is 0.155. The van der Waals surface area contributed by atoms with Crippen LogP contribution in [0.15, 0.2) is 60.7 Å². The lowest BCUT2D eigenvalue weighted by atomic mass is 9.73. The molecule has 1 aliphatic carbocycles. The lowest BCUT2D eigenvalue weighted by Gasteiger charge is -2.17. The zero-order valence-electron chi connectivity index (χ0n) is 8.63. The third-order valence-corrected chi connectivity index (χ3v) is 2.37. The Morgan fingerprint density at radius 3 is 2.73 bits per heavy atom. The van der Waals surface area contributed by atoms with Gasteiger partial charge in [0.1, 0.15) is 0 Å². The molecule has 1 atom stereocenters. The molecule has 0 radical (unpaired) electrons. The summed E-state index contributed by atoms with van der Waals surface area (Å²) in [6, 6.07) is 0. The fraction of sp³-hybridized carbons (Fsp3) is 0.167. The van der Waals surface area contributed by atoms with Crippen LogP contribution in [0.4, 0.5) is 0 Å². The molecule has 0 aromatic rings. The monoisotopic (exact) mass is 202 g/mol. The summed E-state index contributed by atoms with van der Waals surface area (Å²) >= 11 is 0. The van der Waals surface area contributed by atoms with Gasteiger partial charge in [0.15, 0.2) is 0 Å². The minimum absolute atomic E-state index is 0.155. The van der Waals surface area contributed by atoms with E-state index in [1.807, 2.05) is 18.2 Å². The van der Waals surface area contributed by atoms with E-state index in [0.717, 1.165) is 12.0 Å². The Labute approximate surface area is 90.8 Å². The van der Waals surface area contributed by atoms with E-state index in [9.17, 15) is 0 Å². The summed E-state index contributed by atoms with van der Waals surface area (Å²) in [6.45, 7) is 7.37. The van der Waals surface area contributed by atoms with Crippen molar-refractivity contribution in [1.82, 2.24) is 0 Å². The maximum absolute atomic E-state index is 9.05. The van der Waals surface area contributed by atoms with Crippen LogP contribution in [-0.4, -0.2) is 17.2 Å². The Hall–Kier alpha value is -1.32. The van der Waals surface area contributed by atoms with Crippen LogP contribution in [0.25, 0.3) is 0 Å². The van der Waals surface area contributed by atoms with Crippen molar-refractivity contribution in [3.05, 3.63) is 60.7 Å². The fourth-order valence-corrected chi connectivity index (χ4v) is 1.59. The first-order chi connectivity index (χ1) is 7.19. The van der Waals surface area contributed by atoms with Gasteiger partial charge in [-0.05, 0) is 17.5 Å². The van der Waals surface area contributed by atoms with Crippen LogP contribution in [0.1, 0.15) is 6.42 Å². The minimum Gasteiger partial charge on any atom is -0.423 e. The number of hydrogen-bond donors (Lipinski definition) is 2. The van der Waals surface area contributed by atoms with Gasteiger partial charge in [0, 0.05) is 5.92 Å². The topological polar surface area (TPSA) is 40.5 Å².